The first-order chi connectivity index (χ1) is 16.2. The molecule has 3 rings (SSSR count). The van der Waals surface area contributed by atoms with Gasteiger partial charge in [0.25, 0.3) is 5.91 Å². The Hall–Kier alpha value is -3.53. The van der Waals surface area contributed by atoms with Gasteiger partial charge in [0.15, 0.2) is 0 Å². The average molecular weight is 475 g/mol. The second-order valence-corrected chi connectivity index (χ2v) is 8.00. The van der Waals surface area contributed by atoms with E-state index in [0.717, 1.165) is 17.7 Å². The molecule has 0 radical (unpaired) electrons. The number of amides is 1. The van der Waals surface area contributed by atoms with Crippen LogP contribution in [0.15, 0.2) is 30.3 Å². The lowest BCUT2D eigenvalue weighted by Gasteiger charge is -2.11. The van der Waals surface area contributed by atoms with Crippen molar-refractivity contribution in [1.29, 1.82) is 0 Å². The van der Waals surface area contributed by atoms with Gasteiger partial charge in [-0.1, -0.05) is 6.07 Å². The number of aryl methyl sites for hydroxylation is 2. The number of methoxy groups -OCH3 is 1. The first kappa shape index (κ1) is 25.1. The number of nitrogens with one attached hydrogen (secondary N) is 1. The minimum absolute atomic E-state index is 0.189. The zero-order valence-electron chi connectivity index (χ0n) is 19.4. The molecular weight excluding hydrogens is 446 g/mol. The number of pyridine rings is 1. The Bertz CT molecular complexity index is 1180. The highest BCUT2D eigenvalue weighted by Crippen LogP contribution is 2.25. The molecule has 182 valence electrons. The number of carbonyl (C=O) groups excluding carboxylic acids is 2. The summed E-state index contributed by atoms with van der Waals surface area (Å²) >= 11 is 0. The monoisotopic (exact) mass is 474 g/mol. The van der Waals surface area contributed by atoms with Crippen molar-refractivity contribution in [2.75, 3.05) is 13.7 Å². The van der Waals surface area contributed by atoms with Gasteiger partial charge >= 0.3 is 5.97 Å². The molecule has 0 aliphatic carbocycles. The van der Waals surface area contributed by atoms with Gasteiger partial charge in [-0.25, -0.2) is 8.78 Å². The number of halogens is 2. The van der Waals surface area contributed by atoms with E-state index >= 15 is 0 Å². The second kappa shape index (κ2) is 11.1. The Labute approximate surface area is 196 Å². The van der Waals surface area contributed by atoms with Gasteiger partial charge in [0.2, 0.25) is 5.88 Å². The third-order valence-electron chi connectivity index (χ3n) is 5.40. The number of hydrogen-bond acceptors (Lipinski definition) is 6. The van der Waals surface area contributed by atoms with Crippen molar-refractivity contribution in [1.82, 2.24) is 14.9 Å². The maximum absolute atomic E-state index is 14.0. The predicted octanol–water partition coefficient (Wildman–Crippen LogP) is 3.21. The lowest BCUT2D eigenvalue weighted by atomic mass is 10.1. The Balaban J connectivity index is 1.70. The molecule has 10 heteroatoms. The van der Waals surface area contributed by atoms with E-state index in [2.05, 4.69) is 15.2 Å². The highest BCUT2D eigenvalue weighted by molar-refractivity contribution is 6.02. The van der Waals surface area contributed by atoms with E-state index in [0.29, 0.717) is 42.6 Å². The summed E-state index contributed by atoms with van der Waals surface area (Å²) in [7, 11) is 1.29. The molecule has 2 aromatic heterocycles. The molecule has 2 heterocycles. The third kappa shape index (κ3) is 5.69. The van der Waals surface area contributed by atoms with Crippen LogP contribution in [0.3, 0.4) is 0 Å². The molecule has 0 fully saturated rings. The standard InChI is InChI=1S/C24H28F2N4O4/c1-14-11-20-22(23(31)28-10-5-4-9-19(27)24(32)33-3)15(2)29-30(20)21(12-14)34-13-16-17(25)7-6-8-18(16)26/h6-8,11-12,19H,4-5,9-10,13,27H2,1-3H3,(H,28,31). The van der Waals surface area contributed by atoms with Crippen LogP contribution in [0.2, 0.25) is 0 Å². The molecule has 1 unspecified atom stereocenters. The Morgan fingerprint density at radius 1 is 1.18 bits per heavy atom. The summed E-state index contributed by atoms with van der Waals surface area (Å²) < 4.78 is 39.7. The largest absolute Gasteiger partial charge is 0.473 e. The van der Waals surface area contributed by atoms with E-state index in [-0.39, 0.29) is 24.0 Å². The first-order valence-corrected chi connectivity index (χ1v) is 10.9. The van der Waals surface area contributed by atoms with Crippen LogP contribution in [-0.2, 0) is 16.1 Å². The van der Waals surface area contributed by atoms with Crippen molar-refractivity contribution in [3.63, 3.8) is 0 Å². The quantitative estimate of drug-likeness (QED) is 0.345. The molecule has 0 bridgehead atoms. The maximum atomic E-state index is 14.0. The normalized spacial score (nSPS) is 11.9. The number of nitrogens with two attached hydrogens (primary N) is 1. The Morgan fingerprint density at radius 2 is 1.88 bits per heavy atom. The number of ether oxygens (including phenoxy) is 2. The molecule has 0 aliphatic heterocycles. The van der Waals surface area contributed by atoms with Crippen molar-refractivity contribution in [2.24, 2.45) is 5.73 Å². The molecule has 1 atom stereocenters. The summed E-state index contributed by atoms with van der Waals surface area (Å²) in [5.41, 5.74) is 7.70. The zero-order valence-corrected chi connectivity index (χ0v) is 19.4. The molecule has 34 heavy (non-hydrogen) atoms. The number of fused-ring (bicyclic) bond motifs is 1. The van der Waals surface area contributed by atoms with Crippen LogP contribution in [-0.4, -0.2) is 41.2 Å². The molecular formula is C24H28F2N4O4. The Morgan fingerprint density at radius 3 is 2.56 bits per heavy atom. The van der Waals surface area contributed by atoms with Gasteiger partial charge in [-0.05, 0) is 56.9 Å². The van der Waals surface area contributed by atoms with Crippen LogP contribution in [0, 0.1) is 25.5 Å². The smallest absolute Gasteiger partial charge is 0.322 e. The first-order valence-electron chi connectivity index (χ1n) is 10.9. The molecule has 3 aromatic rings. The van der Waals surface area contributed by atoms with Crippen LogP contribution in [0.4, 0.5) is 8.78 Å². The van der Waals surface area contributed by atoms with Crippen LogP contribution in [0.1, 0.15) is 46.4 Å². The number of esters is 1. The van der Waals surface area contributed by atoms with Crippen LogP contribution >= 0.6 is 0 Å². The van der Waals surface area contributed by atoms with Crippen LogP contribution < -0.4 is 15.8 Å². The molecule has 0 saturated carbocycles. The van der Waals surface area contributed by atoms with Gasteiger partial charge in [-0.3, -0.25) is 9.59 Å². The van der Waals surface area contributed by atoms with Gasteiger partial charge in [-0.15, -0.1) is 0 Å². The number of hydrogen-bond donors (Lipinski definition) is 2. The van der Waals surface area contributed by atoms with Crippen molar-refractivity contribution >= 4 is 17.4 Å². The van der Waals surface area contributed by atoms with E-state index in [1.807, 2.05) is 6.92 Å². The number of rotatable bonds is 10. The van der Waals surface area contributed by atoms with E-state index in [1.54, 1.807) is 19.1 Å². The van der Waals surface area contributed by atoms with E-state index in [4.69, 9.17) is 10.5 Å². The number of unbranched alkanes of at least 4 members (excludes halogenated alkanes) is 1. The second-order valence-electron chi connectivity index (χ2n) is 8.00. The number of carbonyl (C=O) groups is 2. The predicted molar refractivity (Wildman–Crippen MR) is 122 cm³/mol. The maximum Gasteiger partial charge on any atom is 0.322 e. The van der Waals surface area contributed by atoms with Gasteiger partial charge in [0.05, 0.1) is 29.4 Å². The summed E-state index contributed by atoms with van der Waals surface area (Å²) in [6.45, 7) is 3.59. The molecule has 0 aliphatic rings. The highest BCUT2D eigenvalue weighted by Gasteiger charge is 2.20. The summed E-state index contributed by atoms with van der Waals surface area (Å²) in [6.07, 6.45) is 1.74. The Kier molecular flexibility index (Phi) is 8.17. The number of aromatic nitrogens is 2. The van der Waals surface area contributed by atoms with Gasteiger partial charge < -0.3 is 20.5 Å². The summed E-state index contributed by atoms with van der Waals surface area (Å²) in [6, 6.07) is 6.41. The van der Waals surface area contributed by atoms with Crippen molar-refractivity contribution in [2.45, 2.75) is 45.8 Å². The van der Waals surface area contributed by atoms with Gasteiger partial charge in [0, 0.05) is 12.6 Å². The van der Waals surface area contributed by atoms with Gasteiger partial charge in [0.1, 0.15) is 24.3 Å². The summed E-state index contributed by atoms with van der Waals surface area (Å²) in [4.78, 5) is 24.2. The molecule has 1 aromatic carbocycles. The number of nitrogens with zero attached hydrogens (tertiary/aromatic N) is 2. The van der Waals surface area contributed by atoms with Crippen molar-refractivity contribution in [3.05, 3.63) is 64.4 Å². The average Bonchev–Trinajstić information content (AvgIpc) is 3.13. The SMILES string of the molecule is COC(=O)C(N)CCCCNC(=O)c1c(C)nn2c(OCc3c(F)cccc3F)cc(C)cc12. The fourth-order valence-electron chi connectivity index (χ4n) is 3.61. The molecule has 8 nitrogen and oxygen atoms in total. The minimum atomic E-state index is -0.701. The fraction of sp³-hybridized carbons (Fsp3) is 0.375. The van der Waals surface area contributed by atoms with E-state index in [9.17, 15) is 18.4 Å². The van der Waals surface area contributed by atoms with Crippen LogP contribution in [0.5, 0.6) is 5.88 Å². The zero-order chi connectivity index (χ0) is 24.8. The summed E-state index contributed by atoms with van der Waals surface area (Å²) in [5, 5.41) is 7.26. The molecule has 0 saturated heterocycles. The third-order valence-corrected chi connectivity index (χ3v) is 5.40. The molecule has 0 spiro atoms. The van der Waals surface area contributed by atoms with E-state index < -0.39 is 23.6 Å². The van der Waals surface area contributed by atoms with Gasteiger partial charge in [-0.2, -0.15) is 9.61 Å². The minimum Gasteiger partial charge on any atom is -0.473 e. The van der Waals surface area contributed by atoms with Crippen molar-refractivity contribution in [3.8, 4) is 5.88 Å². The van der Waals surface area contributed by atoms with Crippen LogP contribution in [0.25, 0.3) is 5.52 Å². The van der Waals surface area contributed by atoms with E-state index in [1.165, 1.54) is 17.7 Å². The van der Waals surface area contributed by atoms with Crippen molar-refractivity contribution < 1.29 is 27.8 Å². The lowest BCUT2D eigenvalue weighted by molar-refractivity contribution is -0.142. The topological polar surface area (TPSA) is 108 Å². The number of benzene rings is 1. The fourth-order valence-corrected chi connectivity index (χ4v) is 3.61. The molecule has 1 amide bonds. The lowest BCUT2D eigenvalue weighted by Crippen LogP contribution is -2.31. The summed E-state index contributed by atoms with van der Waals surface area (Å²) in [5.74, 6) is -1.91. The molecule has 3 N–H and O–H groups in total. The highest BCUT2D eigenvalue weighted by atomic mass is 19.1.